The number of thiophene rings is 1. The Bertz CT molecular complexity index is 919. The van der Waals surface area contributed by atoms with Crippen molar-refractivity contribution in [2.45, 2.75) is 13.2 Å². The number of hydrogen-bond acceptors (Lipinski definition) is 3. The molecule has 1 aliphatic heterocycles. The molecule has 0 saturated carbocycles. The Morgan fingerprint density at radius 2 is 1.96 bits per heavy atom. The first-order valence-electron chi connectivity index (χ1n) is 7.59. The second-order valence-corrected chi connectivity index (χ2v) is 6.58. The van der Waals surface area contributed by atoms with E-state index in [0.29, 0.717) is 17.0 Å². The second-order valence-electron chi connectivity index (χ2n) is 5.52. The maximum Gasteiger partial charge on any atom is 0.261 e. The number of carbonyl (C=O) groups is 1. The van der Waals surface area contributed by atoms with Crippen molar-refractivity contribution in [3.05, 3.63) is 76.4 Å². The Hall–Kier alpha value is -2.66. The summed E-state index contributed by atoms with van der Waals surface area (Å²) in [7, 11) is 0. The van der Waals surface area contributed by atoms with Gasteiger partial charge < -0.3 is 10.1 Å². The standard InChI is InChI=1S/C19H14FNO2S/c20-15-7-3-1-5-12(15)10-21-19(22)17-9-13-11-23-16-8-4-2-6-14(16)18(13)24-17/h1-9H,10-11H2,(H,21,22). The number of benzene rings is 2. The molecule has 4 rings (SSSR count). The Labute approximate surface area is 142 Å². The molecular weight excluding hydrogens is 325 g/mol. The molecule has 2 heterocycles. The topological polar surface area (TPSA) is 38.3 Å². The lowest BCUT2D eigenvalue weighted by Gasteiger charge is -2.16. The molecule has 0 bridgehead atoms. The monoisotopic (exact) mass is 339 g/mol. The number of ether oxygens (including phenoxy) is 1. The van der Waals surface area contributed by atoms with E-state index in [1.165, 1.54) is 17.4 Å². The number of nitrogens with one attached hydrogen (secondary N) is 1. The fourth-order valence-electron chi connectivity index (χ4n) is 2.72. The number of rotatable bonds is 3. The fourth-order valence-corrected chi connectivity index (χ4v) is 3.83. The summed E-state index contributed by atoms with van der Waals surface area (Å²) >= 11 is 1.44. The minimum atomic E-state index is -0.314. The van der Waals surface area contributed by atoms with Crippen molar-refractivity contribution >= 4 is 17.2 Å². The number of para-hydroxylation sites is 1. The molecule has 0 atom stereocenters. The molecule has 1 aliphatic rings. The van der Waals surface area contributed by atoms with Crippen molar-refractivity contribution in [1.29, 1.82) is 0 Å². The summed E-state index contributed by atoms with van der Waals surface area (Å²) in [6.07, 6.45) is 0. The van der Waals surface area contributed by atoms with Gasteiger partial charge >= 0.3 is 0 Å². The summed E-state index contributed by atoms with van der Waals surface area (Å²) in [5.41, 5.74) is 2.49. The Morgan fingerprint density at radius 1 is 1.17 bits per heavy atom. The zero-order valence-electron chi connectivity index (χ0n) is 12.7. The molecule has 120 valence electrons. The van der Waals surface area contributed by atoms with Crippen LogP contribution in [0.15, 0.2) is 54.6 Å². The zero-order chi connectivity index (χ0) is 16.5. The van der Waals surface area contributed by atoms with Crippen LogP contribution in [0.2, 0.25) is 0 Å². The van der Waals surface area contributed by atoms with Crippen molar-refractivity contribution in [2.24, 2.45) is 0 Å². The first kappa shape index (κ1) is 14.9. The van der Waals surface area contributed by atoms with Crippen LogP contribution >= 0.6 is 11.3 Å². The van der Waals surface area contributed by atoms with Crippen molar-refractivity contribution in [1.82, 2.24) is 5.32 Å². The largest absolute Gasteiger partial charge is 0.488 e. The summed E-state index contributed by atoms with van der Waals surface area (Å²) in [6.45, 7) is 0.630. The van der Waals surface area contributed by atoms with E-state index in [4.69, 9.17) is 4.74 Å². The van der Waals surface area contributed by atoms with Crippen LogP contribution in [0, 0.1) is 5.82 Å². The van der Waals surface area contributed by atoms with Crippen molar-refractivity contribution in [3.8, 4) is 16.2 Å². The maximum atomic E-state index is 13.6. The highest BCUT2D eigenvalue weighted by Gasteiger charge is 2.22. The normalized spacial score (nSPS) is 12.0. The Morgan fingerprint density at radius 3 is 2.83 bits per heavy atom. The highest BCUT2D eigenvalue weighted by molar-refractivity contribution is 7.17. The number of amides is 1. The minimum absolute atomic E-state index is 0.168. The van der Waals surface area contributed by atoms with E-state index in [1.54, 1.807) is 18.2 Å². The number of hydrogen-bond donors (Lipinski definition) is 1. The molecular formula is C19H14FNO2S. The van der Waals surface area contributed by atoms with Gasteiger partial charge in [0.15, 0.2) is 0 Å². The smallest absolute Gasteiger partial charge is 0.261 e. The molecule has 24 heavy (non-hydrogen) atoms. The summed E-state index contributed by atoms with van der Waals surface area (Å²) in [6, 6.07) is 16.1. The van der Waals surface area contributed by atoms with E-state index < -0.39 is 0 Å². The first-order valence-corrected chi connectivity index (χ1v) is 8.40. The van der Waals surface area contributed by atoms with Gasteiger partial charge in [-0.3, -0.25) is 4.79 Å². The lowest BCUT2D eigenvalue weighted by Crippen LogP contribution is -2.22. The van der Waals surface area contributed by atoms with Gasteiger partial charge in [-0.05, 0) is 24.3 Å². The van der Waals surface area contributed by atoms with Crippen LogP contribution in [0.1, 0.15) is 20.8 Å². The average Bonchev–Trinajstić information content (AvgIpc) is 3.05. The second kappa shape index (κ2) is 6.09. The minimum Gasteiger partial charge on any atom is -0.488 e. The Kier molecular flexibility index (Phi) is 3.78. The van der Waals surface area contributed by atoms with Crippen LogP contribution in [-0.4, -0.2) is 5.91 Å². The van der Waals surface area contributed by atoms with E-state index in [0.717, 1.165) is 21.8 Å². The number of carbonyl (C=O) groups excluding carboxylic acids is 1. The summed E-state index contributed by atoms with van der Waals surface area (Å²) in [5, 5.41) is 2.78. The summed E-state index contributed by atoms with van der Waals surface area (Å²) < 4.78 is 19.3. The summed E-state index contributed by atoms with van der Waals surface area (Å²) in [5.74, 6) is 0.325. The molecule has 0 fully saturated rings. The van der Waals surface area contributed by atoms with Crippen LogP contribution in [0.4, 0.5) is 4.39 Å². The number of halogens is 1. The van der Waals surface area contributed by atoms with Gasteiger partial charge in [-0.15, -0.1) is 11.3 Å². The van der Waals surface area contributed by atoms with Crippen molar-refractivity contribution < 1.29 is 13.9 Å². The van der Waals surface area contributed by atoms with E-state index in [-0.39, 0.29) is 18.3 Å². The molecule has 1 amide bonds. The lowest BCUT2D eigenvalue weighted by atomic mass is 10.1. The van der Waals surface area contributed by atoms with Gasteiger partial charge in [-0.1, -0.05) is 30.3 Å². The van der Waals surface area contributed by atoms with Crippen molar-refractivity contribution in [2.75, 3.05) is 0 Å². The molecule has 2 aromatic carbocycles. The molecule has 1 N–H and O–H groups in total. The zero-order valence-corrected chi connectivity index (χ0v) is 13.5. The van der Waals surface area contributed by atoms with Crippen LogP contribution in [0.3, 0.4) is 0 Å². The average molecular weight is 339 g/mol. The van der Waals surface area contributed by atoms with Gasteiger partial charge in [-0.2, -0.15) is 0 Å². The van der Waals surface area contributed by atoms with E-state index in [9.17, 15) is 9.18 Å². The Balaban J connectivity index is 1.55. The SMILES string of the molecule is O=C(NCc1ccccc1F)c1cc2c(s1)-c1ccccc1OC2. The third-order valence-electron chi connectivity index (χ3n) is 3.94. The third kappa shape index (κ3) is 2.67. The van der Waals surface area contributed by atoms with Gasteiger partial charge in [0, 0.05) is 28.1 Å². The molecule has 0 aliphatic carbocycles. The summed E-state index contributed by atoms with van der Waals surface area (Å²) in [4.78, 5) is 14.1. The molecule has 0 saturated heterocycles. The first-order chi connectivity index (χ1) is 11.7. The highest BCUT2D eigenvalue weighted by atomic mass is 32.1. The van der Waals surface area contributed by atoms with Crippen LogP contribution in [0.5, 0.6) is 5.75 Å². The van der Waals surface area contributed by atoms with Gasteiger partial charge in [0.2, 0.25) is 0 Å². The molecule has 5 heteroatoms. The van der Waals surface area contributed by atoms with E-state index in [1.807, 2.05) is 30.3 Å². The van der Waals surface area contributed by atoms with Crippen LogP contribution in [-0.2, 0) is 13.2 Å². The van der Waals surface area contributed by atoms with Gasteiger partial charge in [0.1, 0.15) is 18.2 Å². The predicted octanol–water partition coefficient (Wildman–Crippen LogP) is 4.38. The predicted molar refractivity (Wildman–Crippen MR) is 91.7 cm³/mol. The van der Waals surface area contributed by atoms with Gasteiger partial charge in [0.05, 0.1) is 4.88 Å². The van der Waals surface area contributed by atoms with E-state index in [2.05, 4.69) is 5.32 Å². The van der Waals surface area contributed by atoms with Crippen molar-refractivity contribution in [3.63, 3.8) is 0 Å². The lowest BCUT2D eigenvalue weighted by molar-refractivity contribution is 0.0954. The molecule has 0 spiro atoms. The van der Waals surface area contributed by atoms with Gasteiger partial charge in [0.25, 0.3) is 5.91 Å². The fraction of sp³-hybridized carbons (Fsp3) is 0.105. The molecule has 3 nitrogen and oxygen atoms in total. The molecule has 3 aromatic rings. The molecule has 0 unspecified atom stereocenters. The third-order valence-corrected chi connectivity index (χ3v) is 5.15. The van der Waals surface area contributed by atoms with Gasteiger partial charge in [-0.25, -0.2) is 4.39 Å². The van der Waals surface area contributed by atoms with E-state index >= 15 is 0 Å². The molecule has 0 radical (unpaired) electrons. The number of fused-ring (bicyclic) bond motifs is 3. The quantitative estimate of drug-likeness (QED) is 0.769. The van der Waals surface area contributed by atoms with Crippen LogP contribution < -0.4 is 10.1 Å². The van der Waals surface area contributed by atoms with Crippen LogP contribution in [0.25, 0.3) is 10.4 Å². The highest BCUT2D eigenvalue weighted by Crippen LogP contribution is 2.42. The molecule has 1 aromatic heterocycles. The maximum absolute atomic E-state index is 13.6.